The predicted octanol–water partition coefficient (Wildman–Crippen LogP) is 7.02. The lowest BCUT2D eigenvalue weighted by Crippen LogP contribution is -2.29. The van der Waals surface area contributed by atoms with Gasteiger partial charge in [-0.2, -0.15) is 0 Å². The Labute approximate surface area is 183 Å². The van der Waals surface area contributed by atoms with Gasteiger partial charge in [0, 0.05) is 16.8 Å². The molecular formula is C29H29N2+. The molecule has 6 rings (SSSR count). The Morgan fingerprint density at radius 1 is 0.871 bits per heavy atom. The Hall–Kier alpha value is -3.13. The van der Waals surface area contributed by atoms with E-state index in [4.69, 9.17) is 0 Å². The van der Waals surface area contributed by atoms with Crippen molar-refractivity contribution >= 4 is 49.0 Å². The Morgan fingerprint density at radius 2 is 1.68 bits per heavy atom. The Kier molecular flexibility index (Phi) is 3.59. The van der Waals surface area contributed by atoms with Gasteiger partial charge in [0.25, 0.3) is 0 Å². The lowest BCUT2D eigenvalue weighted by Gasteiger charge is -2.18. The van der Waals surface area contributed by atoms with Gasteiger partial charge in [0.05, 0.1) is 27.3 Å². The maximum absolute atomic E-state index is 2.52. The summed E-state index contributed by atoms with van der Waals surface area (Å²) in [5.74, 6) is 0. The molecule has 0 unspecified atom stereocenters. The van der Waals surface area contributed by atoms with Crippen LogP contribution in [0.4, 0.5) is 0 Å². The molecule has 0 fully saturated rings. The van der Waals surface area contributed by atoms with Crippen molar-refractivity contribution in [2.45, 2.75) is 41.0 Å². The second kappa shape index (κ2) is 5.97. The van der Waals surface area contributed by atoms with Crippen molar-refractivity contribution in [3.63, 3.8) is 0 Å². The summed E-state index contributed by atoms with van der Waals surface area (Å²) in [6.45, 7) is 11.5. The Bertz CT molecular complexity index is 1660. The summed E-state index contributed by atoms with van der Waals surface area (Å²) in [6.07, 6.45) is 3.28. The van der Waals surface area contributed by atoms with Gasteiger partial charge in [0.1, 0.15) is 7.05 Å². The predicted molar refractivity (Wildman–Crippen MR) is 132 cm³/mol. The molecule has 3 aromatic carbocycles. The van der Waals surface area contributed by atoms with Gasteiger partial charge in [-0.25, -0.2) is 4.57 Å². The van der Waals surface area contributed by atoms with Gasteiger partial charge in [0.15, 0.2) is 6.20 Å². The number of hydrogen-bond donors (Lipinski definition) is 0. The van der Waals surface area contributed by atoms with Gasteiger partial charge in [-0.05, 0) is 72.0 Å². The molecule has 0 aliphatic heterocycles. The molecule has 3 aromatic heterocycles. The molecule has 3 heterocycles. The fraction of sp³-hybridized carbons (Fsp3) is 0.276. The molecule has 2 heteroatoms. The minimum absolute atomic E-state index is 0.271. The normalized spacial score (nSPS) is 13.0. The van der Waals surface area contributed by atoms with Crippen LogP contribution in [-0.4, -0.2) is 4.40 Å². The van der Waals surface area contributed by atoms with Crippen LogP contribution in [0, 0.1) is 19.3 Å². The molecule has 0 radical (unpaired) electrons. The highest BCUT2D eigenvalue weighted by Crippen LogP contribution is 2.42. The van der Waals surface area contributed by atoms with Crippen LogP contribution in [0.2, 0.25) is 0 Å². The van der Waals surface area contributed by atoms with E-state index in [1.807, 2.05) is 0 Å². The minimum atomic E-state index is 0.271. The van der Waals surface area contributed by atoms with Crippen molar-refractivity contribution in [2.24, 2.45) is 12.5 Å². The van der Waals surface area contributed by atoms with Crippen LogP contribution in [0.3, 0.4) is 0 Å². The van der Waals surface area contributed by atoms with E-state index in [0.717, 1.165) is 6.42 Å². The van der Waals surface area contributed by atoms with Gasteiger partial charge >= 0.3 is 0 Å². The first-order chi connectivity index (χ1) is 14.7. The minimum Gasteiger partial charge on any atom is -0.307 e. The number of aromatic nitrogens is 2. The summed E-state index contributed by atoms with van der Waals surface area (Å²) < 4.78 is 4.82. The van der Waals surface area contributed by atoms with E-state index >= 15 is 0 Å². The van der Waals surface area contributed by atoms with Gasteiger partial charge in [-0.15, -0.1) is 0 Å². The van der Waals surface area contributed by atoms with Crippen molar-refractivity contribution in [1.82, 2.24) is 4.40 Å². The number of benzene rings is 3. The number of fused-ring (bicyclic) bond motifs is 5. The second-order valence-corrected chi connectivity index (χ2v) is 10.5. The summed E-state index contributed by atoms with van der Waals surface area (Å²) in [6, 6.07) is 18.5. The molecule has 31 heavy (non-hydrogen) atoms. The third kappa shape index (κ3) is 2.48. The highest BCUT2D eigenvalue weighted by Gasteiger charge is 2.24. The van der Waals surface area contributed by atoms with E-state index in [9.17, 15) is 0 Å². The van der Waals surface area contributed by atoms with Crippen LogP contribution < -0.4 is 4.57 Å². The summed E-state index contributed by atoms with van der Waals surface area (Å²) in [7, 11) is 2.18. The highest BCUT2D eigenvalue weighted by atomic mass is 15.0. The van der Waals surface area contributed by atoms with Crippen LogP contribution in [0.5, 0.6) is 0 Å². The SMILES string of the molecule is Cc1cc2c3cc(CC(C)(C)C)ccc3n3c4cccc5cc[n+](C)c(c(c1C)c23)c54. The lowest BCUT2D eigenvalue weighted by atomic mass is 9.87. The summed E-state index contributed by atoms with van der Waals surface area (Å²) in [5, 5.41) is 6.78. The fourth-order valence-electron chi connectivity index (χ4n) is 5.60. The number of rotatable bonds is 1. The molecule has 0 aliphatic carbocycles. The van der Waals surface area contributed by atoms with Crippen molar-refractivity contribution in [1.29, 1.82) is 0 Å². The molecule has 154 valence electrons. The summed E-state index contributed by atoms with van der Waals surface area (Å²) in [5.41, 5.74) is 9.72. The fourth-order valence-corrected chi connectivity index (χ4v) is 5.60. The molecule has 6 aromatic rings. The molecule has 0 amide bonds. The van der Waals surface area contributed by atoms with Crippen molar-refractivity contribution in [3.8, 4) is 0 Å². The van der Waals surface area contributed by atoms with E-state index in [2.05, 4.69) is 105 Å². The molecule has 0 atom stereocenters. The maximum Gasteiger partial charge on any atom is 0.224 e. The van der Waals surface area contributed by atoms with Crippen molar-refractivity contribution in [3.05, 3.63) is 71.4 Å². The molecule has 0 saturated heterocycles. The average molecular weight is 406 g/mol. The molecule has 0 aliphatic rings. The van der Waals surface area contributed by atoms with Crippen LogP contribution in [0.25, 0.3) is 49.0 Å². The van der Waals surface area contributed by atoms with E-state index < -0.39 is 0 Å². The number of aryl methyl sites for hydroxylation is 3. The zero-order valence-electron chi connectivity index (χ0n) is 19.3. The number of hydrogen-bond acceptors (Lipinski definition) is 0. The van der Waals surface area contributed by atoms with E-state index in [1.165, 1.54) is 65.7 Å². The van der Waals surface area contributed by atoms with E-state index in [0.29, 0.717) is 0 Å². The largest absolute Gasteiger partial charge is 0.307 e. The molecule has 0 spiro atoms. The number of pyridine rings is 2. The van der Waals surface area contributed by atoms with Gasteiger partial charge in [-0.3, -0.25) is 0 Å². The quantitative estimate of drug-likeness (QED) is 0.158. The highest BCUT2D eigenvalue weighted by molar-refractivity contribution is 6.26. The first-order valence-corrected chi connectivity index (χ1v) is 11.2. The first-order valence-electron chi connectivity index (χ1n) is 11.2. The Morgan fingerprint density at radius 3 is 2.45 bits per heavy atom. The second-order valence-electron chi connectivity index (χ2n) is 10.5. The monoisotopic (exact) mass is 405 g/mol. The molecule has 0 saturated carbocycles. The summed E-state index contributed by atoms with van der Waals surface area (Å²) in [4.78, 5) is 0. The number of nitrogens with zero attached hydrogens (tertiary/aromatic N) is 2. The molecule has 0 N–H and O–H groups in total. The maximum atomic E-state index is 2.52. The zero-order valence-corrected chi connectivity index (χ0v) is 19.3. The topological polar surface area (TPSA) is 8.29 Å². The van der Waals surface area contributed by atoms with Crippen molar-refractivity contribution < 1.29 is 4.57 Å². The summed E-state index contributed by atoms with van der Waals surface area (Å²) >= 11 is 0. The molecular weight excluding hydrogens is 376 g/mol. The third-order valence-electron chi connectivity index (χ3n) is 6.99. The van der Waals surface area contributed by atoms with Gasteiger partial charge in [0.2, 0.25) is 5.52 Å². The average Bonchev–Trinajstić information content (AvgIpc) is 3.02. The van der Waals surface area contributed by atoms with E-state index in [1.54, 1.807) is 0 Å². The van der Waals surface area contributed by atoms with Crippen LogP contribution >= 0.6 is 0 Å². The first kappa shape index (κ1) is 18.6. The van der Waals surface area contributed by atoms with Crippen LogP contribution in [0.15, 0.2) is 54.7 Å². The zero-order chi connectivity index (χ0) is 21.7. The van der Waals surface area contributed by atoms with Crippen LogP contribution in [0.1, 0.15) is 37.5 Å². The molecule has 0 bridgehead atoms. The van der Waals surface area contributed by atoms with E-state index in [-0.39, 0.29) is 5.41 Å². The standard InChI is InChI=1S/C29H29N2/c1-17-14-22-21-15-19(16-29(3,4)5)10-11-23(21)31-24-9-7-8-20-12-13-30(6)28(26(20)24)25(18(17)2)27(22)31/h7-15H,16H2,1-6H3/q+1. The lowest BCUT2D eigenvalue weighted by molar-refractivity contribution is -0.643. The Balaban J connectivity index is 1.93. The smallest absolute Gasteiger partial charge is 0.224 e. The third-order valence-corrected chi connectivity index (χ3v) is 6.99. The van der Waals surface area contributed by atoms with Gasteiger partial charge in [-0.1, -0.05) is 39.0 Å². The molecule has 2 nitrogen and oxygen atoms in total. The van der Waals surface area contributed by atoms with Crippen molar-refractivity contribution in [2.75, 3.05) is 0 Å². The van der Waals surface area contributed by atoms with Crippen LogP contribution in [-0.2, 0) is 13.5 Å². The van der Waals surface area contributed by atoms with Gasteiger partial charge < -0.3 is 4.40 Å².